The van der Waals surface area contributed by atoms with E-state index in [0.717, 1.165) is 39.3 Å². The predicted molar refractivity (Wildman–Crippen MR) is 127 cm³/mol. The number of benzene rings is 2. The van der Waals surface area contributed by atoms with Gasteiger partial charge in [0.05, 0.1) is 23.4 Å². The smallest absolute Gasteiger partial charge is 0.260 e. The SMILES string of the molecule is CC(=O)c1ccc(C(=O)N(CCCN2CCOCC2)c2nc3ccc(F)cc3s2)cc1.Cl. The molecule has 0 saturated carbocycles. The van der Waals surface area contributed by atoms with Gasteiger partial charge in [-0.05, 0) is 43.7 Å². The number of hydrogen-bond donors (Lipinski definition) is 0. The number of halogens is 2. The number of carbonyl (C=O) groups is 2. The molecule has 2 aromatic carbocycles. The lowest BCUT2D eigenvalue weighted by Crippen LogP contribution is -2.39. The number of amides is 1. The first kappa shape index (κ1) is 24.3. The number of ether oxygens (including phenoxy) is 1. The highest BCUT2D eigenvalue weighted by molar-refractivity contribution is 7.22. The number of rotatable bonds is 7. The summed E-state index contributed by atoms with van der Waals surface area (Å²) in [5.41, 5.74) is 1.71. The van der Waals surface area contributed by atoms with Crippen molar-refractivity contribution in [2.75, 3.05) is 44.3 Å². The molecule has 0 bridgehead atoms. The average molecular weight is 478 g/mol. The summed E-state index contributed by atoms with van der Waals surface area (Å²) in [4.78, 5) is 33.5. The Kier molecular flexibility index (Phi) is 8.31. The zero-order valence-electron chi connectivity index (χ0n) is 17.8. The molecule has 0 radical (unpaired) electrons. The molecule has 0 N–H and O–H groups in total. The average Bonchev–Trinajstić information content (AvgIpc) is 3.20. The molecule has 1 saturated heterocycles. The zero-order valence-corrected chi connectivity index (χ0v) is 19.4. The lowest BCUT2D eigenvalue weighted by Gasteiger charge is -2.27. The van der Waals surface area contributed by atoms with Crippen LogP contribution < -0.4 is 4.90 Å². The van der Waals surface area contributed by atoms with E-state index >= 15 is 0 Å². The maximum Gasteiger partial charge on any atom is 0.260 e. The van der Waals surface area contributed by atoms with Crippen molar-refractivity contribution in [3.63, 3.8) is 0 Å². The van der Waals surface area contributed by atoms with Gasteiger partial charge in [-0.2, -0.15) is 0 Å². The quantitative estimate of drug-likeness (QED) is 0.471. The van der Waals surface area contributed by atoms with Crippen LogP contribution in [0.2, 0.25) is 0 Å². The number of aromatic nitrogens is 1. The van der Waals surface area contributed by atoms with Gasteiger partial charge in [-0.1, -0.05) is 23.5 Å². The maximum atomic E-state index is 13.6. The third-order valence-electron chi connectivity index (χ3n) is 5.31. The second-order valence-electron chi connectivity index (χ2n) is 7.51. The van der Waals surface area contributed by atoms with Crippen LogP contribution in [-0.4, -0.2) is 61.0 Å². The van der Waals surface area contributed by atoms with Crippen LogP contribution >= 0.6 is 23.7 Å². The summed E-state index contributed by atoms with van der Waals surface area (Å²) in [6.07, 6.45) is 0.779. The van der Waals surface area contributed by atoms with Crippen LogP contribution in [-0.2, 0) is 4.74 Å². The second kappa shape index (κ2) is 11.0. The molecule has 1 aromatic heterocycles. The molecule has 3 aromatic rings. The first-order valence-electron chi connectivity index (χ1n) is 10.3. The van der Waals surface area contributed by atoms with E-state index in [2.05, 4.69) is 9.88 Å². The molecule has 0 atom stereocenters. The van der Waals surface area contributed by atoms with Crippen molar-refractivity contribution in [2.45, 2.75) is 13.3 Å². The third kappa shape index (κ3) is 5.69. The van der Waals surface area contributed by atoms with E-state index in [0.29, 0.717) is 33.0 Å². The summed E-state index contributed by atoms with van der Waals surface area (Å²) in [6, 6.07) is 11.1. The molecular formula is C23H25ClFN3O3S. The van der Waals surface area contributed by atoms with Crippen molar-refractivity contribution < 1.29 is 18.7 Å². The number of fused-ring (bicyclic) bond motifs is 1. The molecule has 2 heterocycles. The van der Waals surface area contributed by atoms with Gasteiger partial charge in [-0.25, -0.2) is 9.37 Å². The summed E-state index contributed by atoms with van der Waals surface area (Å²) >= 11 is 1.30. The summed E-state index contributed by atoms with van der Waals surface area (Å²) in [7, 11) is 0. The number of nitrogens with zero attached hydrogens (tertiary/aromatic N) is 3. The molecule has 170 valence electrons. The Labute approximate surface area is 196 Å². The van der Waals surface area contributed by atoms with Crippen molar-refractivity contribution in [3.8, 4) is 0 Å². The summed E-state index contributed by atoms with van der Waals surface area (Å²) in [5.74, 6) is -0.557. The van der Waals surface area contributed by atoms with E-state index in [1.54, 1.807) is 35.2 Å². The minimum absolute atomic E-state index is 0. The van der Waals surface area contributed by atoms with Crippen molar-refractivity contribution in [3.05, 3.63) is 59.4 Å². The Morgan fingerprint density at radius 2 is 1.81 bits per heavy atom. The largest absolute Gasteiger partial charge is 0.379 e. The van der Waals surface area contributed by atoms with Crippen molar-refractivity contribution in [2.24, 2.45) is 0 Å². The van der Waals surface area contributed by atoms with Gasteiger partial charge in [-0.15, -0.1) is 12.4 Å². The fourth-order valence-electron chi connectivity index (χ4n) is 3.57. The number of morpholine rings is 1. The summed E-state index contributed by atoms with van der Waals surface area (Å²) < 4.78 is 19.7. The van der Waals surface area contributed by atoms with Gasteiger partial charge in [0.25, 0.3) is 5.91 Å². The normalized spacial score (nSPS) is 14.2. The van der Waals surface area contributed by atoms with Crippen LogP contribution in [0, 0.1) is 5.82 Å². The maximum absolute atomic E-state index is 13.6. The molecular weight excluding hydrogens is 453 g/mol. The molecule has 1 amide bonds. The van der Waals surface area contributed by atoms with Gasteiger partial charge in [-0.3, -0.25) is 19.4 Å². The minimum atomic E-state index is -0.326. The van der Waals surface area contributed by atoms with E-state index in [9.17, 15) is 14.0 Å². The number of anilines is 1. The van der Waals surface area contributed by atoms with Crippen LogP contribution in [0.25, 0.3) is 10.2 Å². The lowest BCUT2D eigenvalue weighted by molar-refractivity contribution is 0.0376. The molecule has 0 unspecified atom stereocenters. The fourth-order valence-corrected chi connectivity index (χ4v) is 4.58. The van der Waals surface area contributed by atoms with Gasteiger partial charge in [0.15, 0.2) is 10.9 Å². The van der Waals surface area contributed by atoms with Gasteiger partial charge in [0, 0.05) is 37.3 Å². The molecule has 0 aliphatic carbocycles. The third-order valence-corrected chi connectivity index (χ3v) is 6.35. The van der Waals surface area contributed by atoms with E-state index in [1.165, 1.54) is 30.4 Å². The Hall–Kier alpha value is -2.39. The van der Waals surface area contributed by atoms with Gasteiger partial charge in [0.1, 0.15) is 5.82 Å². The van der Waals surface area contributed by atoms with Crippen LogP contribution in [0.5, 0.6) is 0 Å². The monoisotopic (exact) mass is 477 g/mol. The van der Waals surface area contributed by atoms with Crippen molar-refractivity contribution in [1.82, 2.24) is 9.88 Å². The highest BCUT2D eigenvalue weighted by atomic mass is 35.5. The van der Waals surface area contributed by atoms with E-state index < -0.39 is 0 Å². The molecule has 0 spiro atoms. The number of carbonyl (C=O) groups excluding carboxylic acids is 2. The highest BCUT2D eigenvalue weighted by Gasteiger charge is 2.22. The first-order chi connectivity index (χ1) is 15.0. The van der Waals surface area contributed by atoms with Crippen LogP contribution in [0.15, 0.2) is 42.5 Å². The van der Waals surface area contributed by atoms with Gasteiger partial charge in [0.2, 0.25) is 0 Å². The first-order valence-corrected chi connectivity index (χ1v) is 11.1. The zero-order chi connectivity index (χ0) is 21.8. The lowest BCUT2D eigenvalue weighted by atomic mass is 10.1. The molecule has 32 heavy (non-hydrogen) atoms. The Bertz CT molecular complexity index is 1080. The summed E-state index contributed by atoms with van der Waals surface area (Å²) in [6.45, 7) is 6.09. The van der Waals surface area contributed by atoms with E-state index in [4.69, 9.17) is 4.74 Å². The van der Waals surface area contributed by atoms with Crippen LogP contribution in [0.3, 0.4) is 0 Å². The van der Waals surface area contributed by atoms with Gasteiger partial charge >= 0.3 is 0 Å². The molecule has 6 nitrogen and oxygen atoms in total. The molecule has 4 rings (SSSR count). The van der Waals surface area contributed by atoms with Crippen LogP contribution in [0.1, 0.15) is 34.1 Å². The number of hydrogen-bond acceptors (Lipinski definition) is 6. The van der Waals surface area contributed by atoms with Crippen molar-refractivity contribution in [1.29, 1.82) is 0 Å². The van der Waals surface area contributed by atoms with Gasteiger partial charge < -0.3 is 4.74 Å². The number of ketones is 1. The molecule has 1 aliphatic rings. The van der Waals surface area contributed by atoms with E-state index in [1.807, 2.05) is 0 Å². The number of Topliss-reactive ketones (excluding diaryl/α,β-unsaturated/α-hetero) is 1. The van der Waals surface area contributed by atoms with E-state index in [-0.39, 0.29) is 29.9 Å². The topological polar surface area (TPSA) is 62.7 Å². The highest BCUT2D eigenvalue weighted by Crippen LogP contribution is 2.30. The second-order valence-corrected chi connectivity index (χ2v) is 8.52. The minimum Gasteiger partial charge on any atom is -0.379 e. The molecule has 9 heteroatoms. The Morgan fingerprint density at radius 3 is 2.50 bits per heavy atom. The Balaban J connectivity index is 0.00000289. The molecule has 1 fully saturated rings. The van der Waals surface area contributed by atoms with Crippen LogP contribution in [0.4, 0.5) is 9.52 Å². The van der Waals surface area contributed by atoms with Crippen molar-refractivity contribution >= 4 is 50.8 Å². The summed E-state index contributed by atoms with van der Waals surface area (Å²) in [5, 5.41) is 0.545. The Morgan fingerprint density at radius 1 is 1.12 bits per heavy atom. The predicted octanol–water partition coefficient (Wildman–Crippen LogP) is 4.43. The standard InChI is InChI=1S/C23H24FN3O3S.ClH/c1-16(28)17-3-5-18(6-4-17)22(29)27(10-2-9-26-11-13-30-14-12-26)23-25-20-8-7-19(24)15-21(20)31-23;/h3-8,15H,2,9-14H2,1H3;1H. The fraction of sp³-hybridized carbons (Fsp3) is 0.348. The molecule has 1 aliphatic heterocycles. The number of thiazole rings is 1.